The van der Waals surface area contributed by atoms with E-state index in [0.717, 1.165) is 42.0 Å². The Morgan fingerprint density at radius 1 is 1.30 bits per heavy atom. The molecule has 6 nitrogen and oxygen atoms in total. The van der Waals surface area contributed by atoms with Gasteiger partial charge in [0.1, 0.15) is 11.3 Å². The molecule has 0 bridgehead atoms. The van der Waals surface area contributed by atoms with Gasteiger partial charge in [-0.2, -0.15) is 0 Å². The number of imidazole rings is 1. The van der Waals surface area contributed by atoms with Crippen LogP contribution >= 0.6 is 0 Å². The first-order valence-corrected chi connectivity index (χ1v) is 9.38. The predicted octanol–water partition coefficient (Wildman–Crippen LogP) is 3.17. The molecule has 0 aliphatic carbocycles. The summed E-state index contributed by atoms with van der Waals surface area (Å²) in [6.45, 7) is 5.69. The molecule has 1 amide bonds. The molecule has 1 saturated heterocycles. The maximum atomic E-state index is 13.5. The maximum absolute atomic E-state index is 13.5. The largest absolute Gasteiger partial charge is 0.376 e. The molecule has 1 aliphatic rings. The van der Waals surface area contributed by atoms with Crippen molar-refractivity contribution in [1.29, 1.82) is 0 Å². The minimum absolute atomic E-state index is 0.0354. The van der Waals surface area contributed by atoms with Crippen molar-refractivity contribution in [3.05, 3.63) is 65.4 Å². The third-order valence-electron chi connectivity index (χ3n) is 5.04. The van der Waals surface area contributed by atoms with E-state index < -0.39 is 0 Å². The zero-order valence-corrected chi connectivity index (χ0v) is 15.8. The monoisotopic (exact) mass is 364 g/mol. The Morgan fingerprint density at radius 2 is 2.19 bits per heavy atom. The van der Waals surface area contributed by atoms with E-state index in [-0.39, 0.29) is 12.0 Å². The summed E-state index contributed by atoms with van der Waals surface area (Å²) in [6, 6.07) is 9.73. The van der Waals surface area contributed by atoms with Crippen LogP contribution in [0.2, 0.25) is 0 Å². The van der Waals surface area contributed by atoms with Crippen LogP contribution in [-0.2, 0) is 11.3 Å². The van der Waals surface area contributed by atoms with Crippen molar-refractivity contribution in [3.63, 3.8) is 0 Å². The van der Waals surface area contributed by atoms with Crippen molar-refractivity contribution in [1.82, 2.24) is 19.3 Å². The van der Waals surface area contributed by atoms with Crippen LogP contribution < -0.4 is 0 Å². The van der Waals surface area contributed by atoms with Gasteiger partial charge in [-0.05, 0) is 50.5 Å². The Kier molecular flexibility index (Phi) is 4.90. The Labute approximate surface area is 158 Å². The summed E-state index contributed by atoms with van der Waals surface area (Å²) in [5.41, 5.74) is 4.10. The van der Waals surface area contributed by atoms with Crippen molar-refractivity contribution >= 4 is 11.6 Å². The van der Waals surface area contributed by atoms with Gasteiger partial charge in [-0.3, -0.25) is 14.2 Å². The summed E-state index contributed by atoms with van der Waals surface area (Å²) in [5.74, 6) is -0.0354. The second kappa shape index (κ2) is 7.48. The molecule has 0 saturated carbocycles. The van der Waals surface area contributed by atoms with E-state index in [4.69, 9.17) is 4.74 Å². The van der Waals surface area contributed by atoms with Gasteiger partial charge in [-0.15, -0.1) is 0 Å². The van der Waals surface area contributed by atoms with Crippen molar-refractivity contribution < 1.29 is 9.53 Å². The first kappa shape index (κ1) is 17.7. The Balaban J connectivity index is 1.69. The lowest BCUT2D eigenvalue weighted by Gasteiger charge is -2.25. The number of amides is 1. The van der Waals surface area contributed by atoms with Crippen LogP contribution in [0.25, 0.3) is 5.65 Å². The van der Waals surface area contributed by atoms with Gasteiger partial charge < -0.3 is 9.64 Å². The molecule has 3 aromatic rings. The lowest BCUT2D eigenvalue weighted by molar-refractivity contribution is 0.0498. The van der Waals surface area contributed by atoms with E-state index in [0.29, 0.717) is 18.8 Å². The third-order valence-corrected chi connectivity index (χ3v) is 5.04. The van der Waals surface area contributed by atoms with Gasteiger partial charge in [-0.1, -0.05) is 12.1 Å². The van der Waals surface area contributed by atoms with Gasteiger partial charge in [-0.25, -0.2) is 4.98 Å². The van der Waals surface area contributed by atoms with Crippen molar-refractivity contribution in [3.8, 4) is 0 Å². The molecule has 140 valence electrons. The van der Waals surface area contributed by atoms with Crippen LogP contribution in [0.1, 0.15) is 40.3 Å². The van der Waals surface area contributed by atoms with E-state index in [1.165, 1.54) is 0 Å². The van der Waals surface area contributed by atoms with Gasteiger partial charge >= 0.3 is 0 Å². The number of rotatable bonds is 5. The number of nitrogens with zero attached hydrogens (tertiary/aromatic N) is 4. The number of hydrogen-bond donors (Lipinski definition) is 0. The number of aryl methyl sites for hydroxylation is 2. The van der Waals surface area contributed by atoms with E-state index in [9.17, 15) is 4.79 Å². The van der Waals surface area contributed by atoms with E-state index in [1.807, 2.05) is 59.7 Å². The van der Waals surface area contributed by atoms with E-state index in [1.54, 1.807) is 6.20 Å². The Hall–Kier alpha value is -2.73. The fourth-order valence-electron chi connectivity index (χ4n) is 3.67. The van der Waals surface area contributed by atoms with Crippen LogP contribution in [-0.4, -0.2) is 44.4 Å². The molecule has 0 radical (unpaired) electrons. The quantitative estimate of drug-likeness (QED) is 0.698. The summed E-state index contributed by atoms with van der Waals surface area (Å²) < 4.78 is 7.69. The SMILES string of the molecule is Cc1nc2c(C)cccn2c1C(=O)N(Cc1ccccn1)C[C@H]1CCCO1. The molecule has 0 N–H and O–H groups in total. The van der Waals surface area contributed by atoms with Gasteiger partial charge in [0.25, 0.3) is 5.91 Å². The summed E-state index contributed by atoms with van der Waals surface area (Å²) in [5, 5.41) is 0. The molecule has 4 heterocycles. The molecule has 0 spiro atoms. The first-order chi connectivity index (χ1) is 13.1. The van der Waals surface area contributed by atoms with Crippen LogP contribution in [0, 0.1) is 13.8 Å². The second-order valence-corrected chi connectivity index (χ2v) is 7.07. The highest BCUT2D eigenvalue weighted by molar-refractivity contribution is 5.94. The zero-order chi connectivity index (χ0) is 18.8. The van der Waals surface area contributed by atoms with Crippen LogP contribution in [0.15, 0.2) is 42.7 Å². The molecule has 6 heteroatoms. The minimum atomic E-state index is -0.0354. The van der Waals surface area contributed by atoms with Crippen molar-refractivity contribution in [2.24, 2.45) is 0 Å². The molecule has 27 heavy (non-hydrogen) atoms. The van der Waals surface area contributed by atoms with E-state index in [2.05, 4.69) is 9.97 Å². The number of carbonyl (C=O) groups is 1. The lowest BCUT2D eigenvalue weighted by atomic mass is 10.2. The Morgan fingerprint density at radius 3 is 2.93 bits per heavy atom. The summed E-state index contributed by atoms with van der Waals surface area (Å²) >= 11 is 0. The average Bonchev–Trinajstić information content (AvgIpc) is 3.29. The number of pyridine rings is 2. The molecule has 1 fully saturated rings. The normalized spacial score (nSPS) is 16.7. The first-order valence-electron chi connectivity index (χ1n) is 9.38. The number of fused-ring (bicyclic) bond motifs is 1. The summed E-state index contributed by atoms with van der Waals surface area (Å²) in [6.07, 6.45) is 5.77. The molecule has 0 aromatic carbocycles. The highest BCUT2D eigenvalue weighted by Crippen LogP contribution is 2.20. The number of hydrogen-bond acceptors (Lipinski definition) is 4. The van der Waals surface area contributed by atoms with Gasteiger partial charge in [0.15, 0.2) is 0 Å². The molecular formula is C21H24N4O2. The number of ether oxygens (including phenoxy) is 1. The predicted molar refractivity (Wildman–Crippen MR) is 103 cm³/mol. The topological polar surface area (TPSA) is 59.7 Å². The fourth-order valence-corrected chi connectivity index (χ4v) is 3.67. The van der Waals surface area contributed by atoms with E-state index >= 15 is 0 Å². The van der Waals surface area contributed by atoms with Crippen LogP contribution in [0.4, 0.5) is 0 Å². The average molecular weight is 364 g/mol. The third kappa shape index (κ3) is 3.57. The van der Waals surface area contributed by atoms with Crippen LogP contribution in [0.5, 0.6) is 0 Å². The Bertz CT molecular complexity index is 945. The smallest absolute Gasteiger partial charge is 0.273 e. The van der Waals surface area contributed by atoms with Crippen LogP contribution in [0.3, 0.4) is 0 Å². The molecule has 1 atom stereocenters. The fraction of sp³-hybridized carbons (Fsp3) is 0.381. The van der Waals surface area contributed by atoms with Gasteiger partial charge in [0.05, 0.1) is 24.0 Å². The second-order valence-electron chi connectivity index (χ2n) is 7.07. The molecule has 4 rings (SSSR count). The van der Waals surface area contributed by atoms with Gasteiger partial charge in [0.2, 0.25) is 0 Å². The molecule has 0 unspecified atom stereocenters. The lowest BCUT2D eigenvalue weighted by Crippen LogP contribution is -2.38. The van der Waals surface area contributed by atoms with Crippen molar-refractivity contribution in [2.75, 3.05) is 13.2 Å². The summed E-state index contributed by atoms with van der Waals surface area (Å²) in [7, 11) is 0. The summed E-state index contributed by atoms with van der Waals surface area (Å²) in [4.78, 5) is 24.4. The highest BCUT2D eigenvalue weighted by Gasteiger charge is 2.27. The number of carbonyl (C=O) groups excluding carboxylic acids is 1. The maximum Gasteiger partial charge on any atom is 0.273 e. The zero-order valence-electron chi connectivity index (χ0n) is 15.8. The standard InChI is InChI=1S/C21H24N4O2/c1-15-7-5-11-25-19(16(2)23-20(15)25)21(26)24(14-18-9-6-12-27-18)13-17-8-3-4-10-22-17/h3-5,7-8,10-11,18H,6,9,12-14H2,1-2H3/t18-/m1/s1. The molecule has 3 aromatic heterocycles. The number of aromatic nitrogens is 3. The highest BCUT2D eigenvalue weighted by atomic mass is 16.5. The van der Waals surface area contributed by atoms with Gasteiger partial charge in [0, 0.05) is 25.5 Å². The van der Waals surface area contributed by atoms with Crippen molar-refractivity contribution in [2.45, 2.75) is 39.3 Å². The minimum Gasteiger partial charge on any atom is -0.376 e. The molecular weight excluding hydrogens is 340 g/mol. The molecule has 1 aliphatic heterocycles.